The number of aryl methyl sites for hydroxylation is 1. The van der Waals surface area contributed by atoms with Gasteiger partial charge in [-0.1, -0.05) is 24.6 Å². The predicted molar refractivity (Wildman–Crippen MR) is 127 cm³/mol. The van der Waals surface area contributed by atoms with Crippen LogP contribution in [0.3, 0.4) is 0 Å². The largest absolute Gasteiger partial charge is 0.512 e. The number of halogens is 1. The van der Waals surface area contributed by atoms with Crippen molar-refractivity contribution in [3.05, 3.63) is 64.5 Å². The second kappa shape index (κ2) is 8.76. The molecule has 0 bridgehead atoms. The molecule has 2 aromatic carbocycles. The highest BCUT2D eigenvalue weighted by Gasteiger charge is 2.41. The molecule has 2 aliphatic rings. The lowest BCUT2D eigenvalue weighted by molar-refractivity contribution is -0.118. The molecule has 0 saturated carbocycles. The number of benzene rings is 2. The number of hydrogen-bond donors (Lipinski definition) is 1. The number of carbonyl (C=O) groups is 1. The van der Waals surface area contributed by atoms with Crippen molar-refractivity contribution in [1.29, 1.82) is 0 Å². The molecule has 3 aromatic rings. The maximum Gasteiger partial charge on any atom is 0.238 e. The molecular weight excluding hydrogens is 440 g/mol. The number of nitrogens with zero attached hydrogens (tertiary/aromatic N) is 2. The van der Waals surface area contributed by atoms with Crippen LogP contribution in [0.2, 0.25) is 5.02 Å². The molecule has 6 nitrogen and oxygen atoms in total. The number of aromatic nitrogens is 2. The summed E-state index contributed by atoms with van der Waals surface area (Å²) in [7, 11) is 0. The first-order valence-corrected chi connectivity index (χ1v) is 11.6. The number of carbonyl (C=O) groups excluding carboxylic acids is 1. The fraction of sp³-hybridized carbons (Fsp3) is 0.346. The van der Waals surface area contributed by atoms with Crippen molar-refractivity contribution in [2.24, 2.45) is 5.41 Å². The Hall–Kier alpha value is -2.96. The maximum absolute atomic E-state index is 13.3. The van der Waals surface area contributed by atoms with E-state index in [2.05, 4.69) is 9.97 Å². The van der Waals surface area contributed by atoms with Gasteiger partial charge in [-0.3, -0.25) is 4.79 Å². The van der Waals surface area contributed by atoms with Gasteiger partial charge in [0, 0.05) is 31.1 Å². The Labute approximate surface area is 197 Å². The molecule has 1 saturated heterocycles. The minimum atomic E-state index is -0.188. The number of rotatable bonds is 4. The Balaban J connectivity index is 1.48. The fourth-order valence-corrected chi connectivity index (χ4v) is 5.02. The van der Waals surface area contributed by atoms with E-state index in [9.17, 15) is 9.90 Å². The van der Waals surface area contributed by atoms with Crippen molar-refractivity contribution in [2.75, 3.05) is 13.2 Å². The van der Waals surface area contributed by atoms with Crippen molar-refractivity contribution < 1.29 is 19.4 Å². The Bertz CT molecular complexity index is 1260. The summed E-state index contributed by atoms with van der Waals surface area (Å²) in [5, 5.41) is 11.6. The zero-order chi connectivity index (χ0) is 23.0. The molecular formula is C26H25ClN2O4. The van der Waals surface area contributed by atoms with E-state index in [4.69, 9.17) is 21.1 Å². The zero-order valence-electron chi connectivity index (χ0n) is 18.4. The van der Waals surface area contributed by atoms with Crippen molar-refractivity contribution in [1.82, 2.24) is 9.97 Å². The van der Waals surface area contributed by atoms with E-state index in [0.29, 0.717) is 59.3 Å². The Morgan fingerprint density at radius 1 is 1.12 bits per heavy atom. The molecule has 33 heavy (non-hydrogen) atoms. The quantitative estimate of drug-likeness (QED) is 0.504. The van der Waals surface area contributed by atoms with Crippen LogP contribution in [0, 0.1) is 5.41 Å². The predicted octanol–water partition coefficient (Wildman–Crippen LogP) is 6.07. The normalized spacial score (nSPS) is 18.2. The van der Waals surface area contributed by atoms with E-state index < -0.39 is 0 Å². The summed E-state index contributed by atoms with van der Waals surface area (Å²) >= 11 is 6.02. The Morgan fingerprint density at radius 3 is 2.70 bits per heavy atom. The Morgan fingerprint density at radius 2 is 1.94 bits per heavy atom. The van der Waals surface area contributed by atoms with Gasteiger partial charge in [-0.25, -0.2) is 9.97 Å². The molecule has 7 heteroatoms. The number of aliphatic hydroxyl groups excluding tert-OH is 1. The lowest BCUT2D eigenvalue weighted by atomic mass is 9.67. The minimum absolute atomic E-state index is 0.0186. The molecule has 1 fully saturated rings. The van der Waals surface area contributed by atoms with Crippen LogP contribution in [-0.4, -0.2) is 34.1 Å². The van der Waals surface area contributed by atoms with Gasteiger partial charge in [-0.2, -0.15) is 0 Å². The summed E-state index contributed by atoms with van der Waals surface area (Å²) in [5.41, 5.74) is 3.29. The molecule has 0 radical (unpaired) electrons. The van der Waals surface area contributed by atoms with Crippen LogP contribution in [0.1, 0.15) is 43.7 Å². The van der Waals surface area contributed by atoms with E-state index in [0.717, 1.165) is 30.4 Å². The van der Waals surface area contributed by atoms with Crippen LogP contribution >= 0.6 is 11.6 Å². The first kappa shape index (κ1) is 21.9. The number of ether oxygens (including phenoxy) is 2. The molecule has 1 aliphatic carbocycles. The average Bonchev–Trinajstić information content (AvgIpc) is 2.79. The lowest BCUT2D eigenvalue weighted by Crippen LogP contribution is -2.36. The van der Waals surface area contributed by atoms with Crippen LogP contribution in [0.15, 0.2) is 48.4 Å². The number of aliphatic hydroxyl groups is 1. The van der Waals surface area contributed by atoms with Crippen LogP contribution in [0.5, 0.6) is 11.6 Å². The van der Waals surface area contributed by atoms with Gasteiger partial charge in [0.15, 0.2) is 5.78 Å². The van der Waals surface area contributed by atoms with Crippen LogP contribution in [-0.2, 0) is 16.0 Å². The molecule has 1 aliphatic heterocycles. The Kier molecular flexibility index (Phi) is 5.81. The molecule has 0 atom stereocenters. The van der Waals surface area contributed by atoms with Gasteiger partial charge in [0.1, 0.15) is 11.5 Å². The second-order valence-electron chi connectivity index (χ2n) is 8.83. The van der Waals surface area contributed by atoms with E-state index in [1.165, 1.54) is 0 Å². The maximum atomic E-state index is 13.3. The summed E-state index contributed by atoms with van der Waals surface area (Å²) in [6.07, 6.45) is 4.81. The molecule has 170 valence electrons. The first-order valence-electron chi connectivity index (χ1n) is 11.2. The van der Waals surface area contributed by atoms with Gasteiger partial charge < -0.3 is 14.6 Å². The number of Topliss-reactive ketones (excluding diaryl/α,β-unsaturated/α-hetero) is 1. The minimum Gasteiger partial charge on any atom is -0.512 e. The summed E-state index contributed by atoms with van der Waals surface area (Å²) < 4.78 is 11.5. The van der Waals surface area contributed by atoms with Crippen molar-refractivity contribution in [3.63, 3.8) is 0 Å². The van der Waals surface area contributed by atoms with E-state index in [-0.39, 0.29) is 17.0 Å². The highest BCUT2D eigenvalue weighted by Crippen LogP contribution is 2.47. The highest BCUT2D eigenvalue weighted by atomic mass is 35.5. The summed E-state index contributed by atoms with van der Waals surface area (Å²) in [6, 6.07) is 10.9. The van der Waals surface area contributed by atoms with E-state index >= 15 is 0 Å². The zero-order valence-corrected chi connectivity index (χ0v) is 19.2. The third-order valence-electron chi connectivity index (χ3n) is 6.64. The van der Waals surface area contributed by atoms with Gasteiger partial charge >= 0.3 is 0 Å². The monoisotopic (exact) mass is 464 g/mol. The third kappa shape index (κ3) is 4.33. The lowest BCUT2D eigenvalue weighted by Gasteiger charge is -2.39. The number of fused-ring (bicyclic) bond motifs is 1. The third-order valence-corrected chi connectivity index (χ3v) is 6.87. The summed E-state index contributed by atoms with van der Waals surface area (Å²) in [4.78, 5) is 22.1. The second-order valence-corrected chi connectivity index (χ2v) is 9.26. The average molecular weight is 465 g/mol. The smallest absolute Gasteiger partial charge is 0.238 e. The molecule has 2 heterocycles. The first-order chi connectivity index (χ1) is 16.0. The topological polar surface area (TPSA) is 81.5 Å². The van der Waals surface area contributed by atoms with Crippen LogP contribution in [0.4, 0.5) is 0 Å². The fourth-order valence-electron chi connectivity index (χ4n) is 4.86. The number of hydrogen-bond acceptors (Lipinski definition) is 6. The van der Waals surface area contributed by atoms with Crippen molar-refractivity contribution in [2.45, 2.75) is 39.0 Å². The van der Waals surface area contributed by atoms with Crippen molar-refractivity contribution in [3.8, 4) is 11.6 Å². The van der Waals surface area contributed by atoms with E-state index in [1.807, 2.05) is 25.1 Å². The van der Waals surface area contributed by atoms with Gasteiger partial charge in [-0.15, -0.1) is 0 Å². The van der Waals surface area contributed by atoms with Gasteiger partial charge in [0.05, 0.1) is 22.8 Å². The molecule has 1 N–H and O–H groups in total. The summed E-state index contributed by atoms with van der Waals surface area (Å²) in [5.74, 6) is 1.02. The number of allylic oxidation sites excluding steroid dienone is 2. The van der Waals surface area contributed by atoms with Crippen LogP contribution < -0.4 is 4.74 Å². The summed E-state index contributed by atoms with van der Waals surface area (Å²) in [6.45, 7) is 3.31. The molecule has 5 rings (SSSR count). The standard InChI is InChI=1S/C26H25ClN2O4/c1-2-16-3-5-18(33-24-15-28-21-11-17(27)4-6-20(21)29-24)12-19(16)25-22(30)13-26(14-23(25)31)7-9-32-10-8-26/h3-6,11-12,15,30H,2,7-10,13-14H2,1H3. The molecule has 1 spiro atoms. The molecule has 0 unspecified atom stereocenters. The van der Waals surface area contributed by atoms with Gasteiger partial charge in [0.2, 0.25) is 5.88 Å². The van der Waals surface area contributed by atoms with Gasteiger partial charge in [0.25, 0.3) is 0 Å². The van der Waals surface area contributed by atoms with Gasteiger partial charge in [-0.05, 0) is 66.1 Å². The molecule has 1 aromatic heterocycles. The molecule has 0 amide bonds. The van der Waals surface area contributed by atoms with Crippen molar-refractivity contribution >= 4 is 34.0 Å². The highest BCUT2D eigenvalue weighted by molar-refractivity contribution is 6.31. The number of ketones is 1. The van der Waals surface area contributed by atoms with Crippen LogP contribution in [0.25, 0.3) is 16.6 Å². The SMILES string of the molecule is CCc1ccc(Oc2cnc3cc(Cl)ccc3n2)cc1C1=C(O)CC2(CCOCC2)CC1=O. The van der Waals surface area contributed by atoms with E-state index in [1.54, 1.807) is 24.4 Å².